The Balaban J connectivity index is 2.23. The molecule has 1 heterocycles. The number of nitrogens with zero attached hydrogens (tertiary/aromatic N) is 2. The standard InChI is InChI=1S/C16H14ClF3N2OS2/c1-3-24-13-8-10(17)9-21-14(13)15(23)22(2)11-4-6-12(7-5-11)25-16(18,19)20/h4-9H,3H2,1-2H3. The molecule has 25 heavy (non-hydrogen) atoms. The smallest absolute Gasteiger partial charge is 0.310 e. The number of halogens is 4. The van der Waals surface area contributed by atoms with Gasteiger partial charge in [0.15, 0.2) is 0 Å². The van der Waals surface area contributed by atoms with Crippen LogP contribution in [0.15, 0.2) is 46.3 Å². The van der Waals surface area contributed by atoms with Gasteiger partial charge in [-0.05, 0) is 47.8 Å². The van der Waals surface area contributed by atoms with Gasteiger partial charge in [0.1, 0.15) is 5.69 Å². The highest BCUT2D eigenvalue weighted by Gasteiger charge is 2.29. The summed E-state index contributed by atoms with van der Waals surface area (Å²) in [6.07, 6.45) is 1.39. The van der Waals surface area contributed by atoms with Gasteiger partial charge in [-0.3, -0.25) is 4.79 Å². The maximum absolute atomic E-state index is 12.7. The first-order chi connectivity index (χ1) is 11.7. The Bertz CT molecular complexity index is 754. The fourth-order valence-corrected chi connectivity index (χ4v) is 3.55. The van der Waals surface area contributed by atoms with Gasteiger partial charge in [-0.25, -0.2) is 4.98 Å². The lowest BCUT2D eigenvalue weighted by atomic mass is 10.2. The van der Waals surface area contributed by atoms with E-state index in [4.69, 9.17) is 11.6 Å². The van der Waals surface area contributed by atoms with Crippen LogP contribution in [0.2, 0.25) is 5.02 Å². The zero-order valence-corrected chi connectivity index (χ0v) is 15.7. The summed E-state index contributed by atoms with van der Waals surface area (Å²) in [6, 6.07) is 7.26. The monoisotopic (exact) mass is 406 g/mol. The molecule has 1 aromatic heterocycles. The summed E-state index contributed by atoms with van der Waals surface area (Å²) in [5, 5.41) is 0.434. The largest absolute Gasteiger partial charge is 0.446 e. The predicted molar refractivity (Wildman–Crippen MR) is 96.7 cm³/mol. The molecule has 1 amide bonds. The summed E-state index contributed by atoms with van der Waals surface area (Å²) in [5.41, 5.74) is -3.61. The summed E-state index contributed by atoms with van der Waals surface area (Å²) in [6.45, 7) is 1.95. The van der Waals surface area contributed by atoms with Crippen molar-refractivity contribution >= 4 is 46.7 Å². The van der Waals surface area contributed by atoms with Crippen molar-refractivity contribution < 1.29 is 18.0 Å². The van der Waals surface area contributed by atoms with E-state index in [9.17, 15) is 18.0 Å². The molecule has 0 unspecified atom stereocenters. The van der Waals surface area contributed by atoms with E-state index in [1.54, 1.807) is 13.1 Å². The molecule has 0 atom stereocenters. The average molecular weight is 407 g/mol. The van der Waals surface area contributed by atoms with Gasteiger partial charge in [-0.2, -0.15) is 13.2 Å². The highest BCUT2D eigenvalue weighted by atomic mass is 35.5. The number of benzene rings is 1. The van der Waals surface area contributed by atoms with Gasteiger partial charge in [0.05, 0.1) is 5.02 Å². The van der Waals surface area contributed by atoms with Crippen LogP contribution in [0, 0.1) is 0 Å². The van der Waals surface area contributed by atoms with Crippen LogP contribution in [0.1, 0.15) is 17.4 Å². The molecule has 1 aromatic carbocycles. The Morgan fingerprint density at radius 1 is 1.28 bits per heavy atom. The molecular formula is C16H14ClF3N2OS2. The number of carbonyl (C=O) groups excluding carboxylic acids is 1. The van der Waals surface area contributed by atoms with Crippen molar-refractivity contribution in [2.75, 3.05) is 17.7 Å². The van der Waals surface area contributed by atoms with Crippen LogP contribution in [0.25, 0.3) is 0 Å². The second-order valence-corrected chi connectivity index (χ2v) is 7.72. The molecule has 0 saturated heterocycles. The van der Waals surface area contributed by atoms with Crippen molar-refractivity contribution in [2.45, 2.75) is 22.2 Å². The van der Waals surface area contributed by atoms with E-state index in [2.05, 4.69) is 4.98 Å². The molecule has 0 N–H and O–H groups in total. The minimum absolute atomic E-state index is 0.0592. The van der Waals surface area contributed by atoms with Gasteiger partial charge in [0.2, 0.25) is 0 Å². The van der Waals surface area contributed by atoms with Crippen molar-refractivity contribution in [2.24, 2.45) is 0 Å². The van der Waals surface area contributed by atoms with Crippen LogP contribution in [-0.2, 0) is 0 Å². The first-order valence-corrected chi connectivity index (χ1v) is 9.31. The highest BCUT2D eigenvalue weighted by Crippen LogP contribution is 2.37. The maximum atomic E-state index is 12.7. The molecule has 0 saturated carbocycles. The van der Waals surface area contributed by atoms with Crippen LogP contribution in [0.3, 0.4) is 0 Å². The Morgan fingerprint density at radius 3 is 2.48 bits per heavy atom. The van der Waals surface area contributed by atoms with Crippen LogP contribution < -0.4 is 4.90 Å². The van der Waals surface area contributed by atoms with Gasteiger partial charge < -0.3 is 4.90 Å². The van der Waals surface area contributed by atoms with Crippen molar-refractivity contribution in [1.29, 1.82) is 0 Å². The summed E-state index contributed by atoms with van der Waals surface area (Å²) in [7, 11) is 1.55. The fraction of sp³-hybridized carbons (Fsp3) is 0.250. The van der Waals surface area contributed by atoms with E-state index in [1.807, 2.05) is 6.92 Å². The molecule has 0 aliphatic rings. The van der Waals surface area contributed by atoms with Gasteiger partial charge >= 0.3 is 5.51 Å². The third-order valence-electron chi connectivity index (χ3n) is 3.08. The average Bonchev–Trinajstić information content (AvgIpc) is 2.53. The maximum Gasteiger partial charge on any atom is 0.446 e. The Labute approximate surface area is 157 Å². The molecule has 0 aliphatic carbocycles. The lowest BCUT2D eigenvalue weighted by molar-refractivity contribution is -0.0328. The van der Waals surface area contributed by atoms with Crippen molar-refractivity contribution in [3.63, 3.8) is 0 Å². The highest BCUT2D eigenvalue weighted by molar-refractivity contribution is 8.00. The molecule has 2 rings (SSSR count). The van der Waals surface area contributed by atoms with Crippen molar-refractivity contribution in [3.05, 3.63) is 47.2 Å². The van der Waals surface area contributed by atoms with Crippen LogP contribution in [0.4, 0.5) is 18.9 Å². The first-order valence-electron chi connectivity index (χ1n) is 7.13. The van der Waals surface area contributed by atoms with Crippen molar-refractivity contribution in [3.8, 4) is 0 Å². The number of hydrogen-bond acceptors (Lipinski definition) is 4. The minimum atomic E-state index is -4.34. The minimum Gasteiger partial charge on any atom is -0.310 e. The van der Waals surface area contributed by atoms with Gasteiger partial charge in [-0.15, -0.1) is 11.8 Å². The number of carbonyl (C=O) groups is 1. The molecule has 134 valence electrons. The summed E-state index contributed by atoms with van der Waals surface area (Å²) in [5.74, 6) is 0.388. The molecule has 0 radical (unpaired) electrons. The SMILES string of the molecule is CCSc1cc(Cl)cnc1C(=O)N(C)c1ccc(SC(F)(F)F)cc1. The third kappa shape index (κ3) is 5.55. The number of rotatable bonds is 5. The van der Waals surface area contributed by atoms with Crippen LogP contribution in [0.5, 0.6) is 0 Å². The van der Waals surface area contributed by atoms with Gasteiger partial charge in [0, 0.05) is 28.7 Å². The fourth-order valence-electron chi connectivity index (χ4n) is 1.99. The Morgan fingerprint density at radius 2 is 1.92 bits per heavy atom. The van der Waals surface area contributed by atoms with Gasteiger partial charge in [-0.1, -0.05) is 18.5 Å². The number of amides is 1. The molecule has 2 aromatic rings. The quantitative estimate of drug-likeness (QED) is 0.593. The lowest BCUT2D eigenvalue weighted by Crippen LogP contribution is -2.27. The molecule has 0 aliphatic heterocycles. The predicted octanol–water partition coefficient (Wildman–Crippen LogP) is 5.74. The number of pyridine rings is 1. The number of aromatic nitrogens is 1. The van der Waals surface area contributed by atoms with E-state index in [0.29, 0.717) is 15.6 Å². The zero-order valence-electron chi connectivity index (χ0n) is 13.3. The molecular weight excluding hydrogens is 393 g/mol. The first kappa shape index (κ1) is 19.9. The summed E-state index contributed by atoms with van der Waals surface area (Å²) < 4.78 is 37.1. The van der Waals surface area contributed by atoms with E-state index < -0.39 is 5.51 Å². The number of hydrogen-bond donors (Lipinski definition) is 0. The summed E-state index contributed by atoms with van der Waals surface area (Å²) in [4.78, 5) is 18.9. The molecule has 0 bridgehead atoms. The normalized spacial score (nSPS) is 11.4. The number of anilines is 1. The second kappa shape index (κ2) is 8.33. The number of alkyl halides is 3. The number of thioether (sulfide) groups is 2. The van der Waals surface area contributed by atoms with E-state index >= 15 is 0 Å². The summed E-state index contributed by atoms with van der Waals surface area (Å²) >= 11 is 7.17. The lowest BCUT2D eigenvalue weighted by Gasteiger charge is -2.19. The van der Waals surface area contributed by atoms with E-state index in [1.165, 1.54) is 47.1 Å². The molecule has 9 heteroatoms. The molecule has 0 spiro atoms. The van der Waals surface area contributed by atoms with E-state index in [0.717, 1.165) is 5.75 Å². The van der Waals surface area contributed by atoms with Crippen molar-refractivity contribution in [1.82, 2.24) is 4.98 Å². The molecule has 0 fully saturated rings. The van der Waals surface area contributed by atoms with Gasteiger partial charge in [0.25, 0.3) is 5.91 Å². The Hall–Kier alpha value is -1.38. The zero-order chi connectivity index (χ0) is 18.6. The third-order valence-corrected chi connectivity index (χ3v) is 4.94. The van der Waals surface area contributed by atoms with Crippen LogP contribution >= 0.6 is 35.1 Å². The second-order valence-electron chi connectivity index (χ2n) is 4.84. The topological polar surface area (TPSA) is 33.2 Å². The Kier molecular flexibility index (Phi) is 6.65. The van der Waals surface area contributed by atoms with Crippen LogP contribution in [-0.4, -0.2) is 29.2 Å². The molecule has 3 nitrogen and oxygen atoms in total. The van der Waals surface area contributed by atoms with E-state index in [-0.39, 0.29) is 28.3 Å².